The van der Waals surface area contributed by atoms with E-state index in [0.717, 1.165) is 28.0 Å². The molecule has 1 aromatic heterocycles. The minimum atomic E-state index is -3.73. The van der Waals surface area contributed by atoms with E-state index in [4.69, 9.17) is 11.6 Å². The standard InChI is InChI=1S/C20H20ClNO3S2/c1-14(15-7-9-17(10-8-15)16-5-3-2-4-6-16)18(13-23)22-27(24,25)20-12-11-19(21)26-20/h2-12,14,18,22-23H,13H2,1H3/t14-,18+/m1/s1. The highest BCUT2D eigenvalue weighted by Crippen LogP contribution is 2.28. The molecule has 0 amide bonds. The summed E-state index contributed by atoms with van der Waals surface area (Å²) >= 11 is 6.83. The number of hydrogen-bond donors (Lipinski definition) is 2. The van der Waals surface area contributed by atoms with Gasteiger partial charge in [-0.3, -0.25) is 0 Å². The van der Waals surface area contributed by atoms with E-state index in [0.29, 0.717) is 4.34 Å². The summed E-state index contributed by atoms with van der Waals surface area (Å²) in [6.07, 6.45) is 0. The number of aliphatic hydroxyl groups is 1. The molecule has 3 aromatic rings. The minimum Gasteiger partial charge on any atom is -0.395 e. The summed E-state index contributed by atoms with van der Waals surface area (Å²) in [5.41, 5.74) is 3.15. The molecule has 0 radical (unpaired) electrons. The normalized spacial score (nSPS) is 14.0. The lowest BCUT2D eigenvalue weighted by molar-refractivity contribution is 0.242. The number of benzene rings is 2. The van der Waals surface area contributed by atoms with Crippen molar-refractivity contribution < 1.29 is 13.5 Å². The molecule has 0 unspecified atom stereocenters. The van der Waals surface area contributed by atoms with Crippen LogP contribution in [0.25, 0.3) is 11.1 Å². The van der Waals surface area contributed by atoms with Crippen LogP contribution < -0.4 is 4.72 Å². The van der Waals surface area contributed by atoms with E-state index in [2.05, 4.69) is 4.72 Å². The lowest BCUT2D eigenvalue weighted by Gasteiger charge is -2.23. The van der Waals surface area contributed by atoms with Crippen LogP contribution >= 0.6 is 22.9 Å². The van der Waals surface area contributed by atoms with Crippen LogP contribution in [0.2, 0.25) is 4.34 Å². The number of hydrogen-bond acceptors (Lipinski definition) is 4. The maximum Gasteiger partial charge on any atom is 0.250 e. The number of halogens is 1. The van der Waals surface area contributed by atoms with E-state index < -0.39 is 16.1 Å². The summed E-state index contributed by atoms with van der Waals surface area (Å²) in [4.78, 5) is 0. The lowest BCUT2D eigenvalue weighted by atomic mass is 9.92. The summed E-state index contributed by atoms with van der Waals surface area (Å²) in [6, 6.07) is 20.3. The molecule has 3 rings (SSSR count). The van der Waals surface area contributed by atoms with Crippen molar-refractivity contribution in [1.29, 1.82) is 0 Å². The third-order valence-electron chi connectivity index (χ3n) is 4.46. The molecule has 0 aliphatic heterocycles. The first-order valence-corrected chi connectivity index (χ1v) is 11.1. The maximum atomic E-state index is 12.5. The van der Waals surface area contributed by atoms with Gasteiger partial charge in [0.2, 0.25) is 10.0 Å². The molecular weight excluding hydrogens is 402 g/mol. The van der Waals surface area contributed by atoms with Crippen molar-refractivity contribution in [3.63, 3.8) is 0 Å². The number of rotatable bonds is 7. The Kier molecular flexibility index (Phi) is 6.34. The SMILES string of the molecule is C[C@H](c1ccc(-c2ccccc2)cc1)[C@H](CO)NS(=O)(=O)c1ccc(Cl)s1. The van der Waals surface area contributed by atoms with Gasteiger partial charge in [-0.15, -0.1) is 11.3 Å². The average molecular weight is 422 g/mol. The number of aliphatic hydroxyl groups excluding tert-OH is 1. The van der Waals surface area contributed by atoms with Gasteiger partial charge in [-0.25, -0.2) is 13.1 Å². The van der Waals surface area contributed by atoms with E-state index in [1.165, 1.54) is 6.07 Å². The smallest absolute Gasteiger partial charge is 0.250 e. The molecule has 0 spiro atoms. The summed E-state index contributed by atoms with van der Waals surface area (Å²) < 4.78 is 28.2. The Balaban J connectivity index is 1.77. The Morgan fingerprint density at radius 1 is 1.00 bits per heavy atom. The Bertz CT molecular complexity index is 986. The zero-order valence-corrected chi connectivity index (χ0v) is 17.1. The van der Waals surface area contributed by atoms with Gasteiger partial charge in [-0.05, 0) is 34.7 Å². The van der Waals surface area contributed by atoms with Gasteiger partial charge in [-0.2, -0.15) is 0 Å². The molecule has 0 aliphatic rings. The second-order valence-electron chi connectivity index (χ2n) is 6.25. The van der Waals surface area contributed by atoms with Crippen molar-refractivity contribution in [1.82, 2.24) is 4.72 Å². The monoisotopic (exact) mass is 421 g/mol. The molecule has 2 aromatic carbocycles. The first kappa shape index (κ1) is 20.0. The van der Waals surface area contributed by atoms with Gasteiger partial charge in [0.25, 0.3) is 0 Å². The van der Waals surface area contributed by atoms with Crippen LogP contribution in [-0.2, 0) is 10.0 Å². The molecule has 0 fully saturated rings. The summed E-state index contributed by atoms with van der Waals surface area (Å²) in [7, 11) is -3.73. The second kappa shape index (κ2) is 8.54. The fraction of sp³-hybridized carbons (Fsp3) is 0.200. The van der Waals surface area contributed by atoms with Crippen LogP contribution in [0, 0.1) is 0 Å². The topological polar surface area (TPSA) is 66.4 Å². The Morgan fingerprint density at radius 3 is 2.19 bits per heavy atom. The predicted molar refractivity (Wildman–Crippen MR) is 111 cm³/mol. The van der Waals surface area contributed by atoms with Crippen LogP contribution in [0.15, 0.2) is 70.9 Å². The quantitative estimate of drug-likeness (QED) is 0.589. The van der Waals surface area contributed by atoms with E-state index in [1.54, 1.807) is 6.07 Å². The van der Waals surface area contributed by atoms with Crippen LogP contribution in [-0.4, -0.2) is 26.2 Å². The van der Waals surface area contributed by atoms with Crippen molar-refractivity contribution in [3.05, 3.63) is 76.6 Å². The molecule has 0 bridgehead atoms. The highest BCUT2D eigenvalue weighted by molar-refractivity contribution is 7.91. The van der Waals surface area contributed by atoms with Gasteiger partial charge < -0.3 is 5.11 Å². The Morgan fingerprint density at radius 2 is 1.63 bits per heavy atom. The second-order valence-corrected chi connectivity index (χ2v) is 9.90. The van der Waals surface area contributed by atoms with Crippen molar-refractivity contribution in [3.8, 4) is 11.1 Å². The fourth-order valence-electron chi connectivity index (χ4n) is 2.84. The minimum absolute atomic E-state index is 0.137. The number of sulfonamides is 1. The fourth-order valence-corrected chi connectivity index (χ4v) is 5.65. The maximum absolute atomic E-state index is 12.5. The van der Waals surface area contributed by atoms with E-state index >= 15 is 0 Å². The van der Waals surface area contributed by atoms with Crippen LogP contribution in [0.1, 0.15) is 18.4 Å². The first-order chi connectivity index (χ1) is 12.9. The Labute approximate surface area is 168 Å². The van der Waals surface area contributed by atoms with Gasteiger partial charge in [-0.1, -0.05) is 73.1 Å². The Hall–Kier alpha value is -1.70. The predicted octanol–water partition coefficient (Wildman–Crippen LogP) is 4.51. The van der Waals surface area contributed by atoms with E-state index in [9.17, 15) is 13.5 Å². The zero-order valence-electron chi connectivity index (χ0n) is 14.7. The summed E-state index contributed by atoms with van der Waals surface area (Å²) in [5, 5.41) is 9.76. The van der Waals surface area contributed by atoms with E-state index in [1.807, 2.05) is 61.5 Å². The highest BCUT2D eigenvalue weighted by Gasteiger charge is 2.26. The van der Waals surface area contributed by atoms with Crippen molar-refractivity contribution >= 4 is 33.0 Å². The summed E-state index contributed by atoms with van der Waals surface area (Å²) in [5.74, 6) is -0.204. The zero-order chi connectivity index (χ0) is 19.4. The van der Waals surface area contributed by atoms with Gasteiger partial charge in [0, 0.05) is 0 Å². The van der Waals surface area contributed by atoms with Gasteiger partial charge in [0.1, 0.15) is 4.21 Å². The number of thiophene rings is 1. The molecule has 2 N–H and O–H groups in total. The molecule has 0 saturated heterocycles. The summed E-state index contributed by atoms with van der Waals surface area (Å²) in [6.45, 7) is 1.59. The van der Waals surface area contributed by atoms with Gasteiger partial charge in [0.05, 0.1) is 17.0 Å². The molecule has 4 nitrogen and oxygen atoms in total. The molecule has 2 atom stereocenters. The lowest BCUT2D eigenvalue weighted by Crippen LogP contribution is -2.40. The van der Waals surface area contributed by atoms with Crippen molar-refractivity contribution in [2.24, 2.45) is 0 Å². The molecule has 0 aliphatic carbocycles. The third kappa shape index (κ3) is 4.78. The molecule has 27 heavy (non-hydrogen) atoms. The highest BCUT2D eigenvalue weighted by atomic mass is 35.5. The average Bonchev–Trinajstić information content (AvgIpc) is 3.14. The van der Waals surface area contributed by atoms with Gasteiger partial charge >= 0.3 is 0 Å². The molecule has 142 valence electrons. The van der Waals surface area contributed by atoms with Gasteiger partial charge in [0.15, 0.2) is 0 Å². The third-order valence-corrected chi connectivity index (χ3v) is 7.68. The van der Waals surface area contributed by atoms with Crippen molar-refractivity contribution in [2.75, 3.05) is 6.61 Å². The molecule has 1 heterocycles. The first-order valence-electron chi connectivity index (χ1n) is 8.44. The molecule has 7 heteroatoms. The van der Waals surface area contributed by atoms with Crippen molar-refractivity contribution in [2.45, 2.75) is 23.1 Å². The van der Waals surface area contributed by atoms with Crippen LogP contribution in [0.3, 0.4) is 0 Å². The number of nitrogens with one attached hydrogen (secondary N) is 1. The van der Waals surface area contributed by atoms with Crippen LogP contribution in [0.5, 0.6) is 0 Å². The largest absolute Gasteiger partial charge is 0.395 e. The molecular formula is C20H20ClNO3S2. The van der Waals surface area contributed by atoms with Crippen LogP contribution in [0.4, 0.5) is 0 Å². The van der Waals surface area contributed by atoms with E-state index in [-0.39, 0.29) is 16.7 Å². The molecule has 0 saturated carbocycles.